The molecule has 1 fully saturated rings. The van der Waals surface area contributed by atoms with Crippen molar-refractivity contribution in [1.29, 1.82) is 0 Å². The first-order valence-corrected chi connectivity index (χ1v) is 4.21. The molecule has 1 saturated heterocycles. The summed E-state index contributed by atoms with van der Waals surface area (Å²) in [6.07, 6.45) is 0.0685. The highest BCUT2D eigenvalue weighted by Gasteiger charge is 2.25. The average Bonchev–Trinajstić information content (AvgIpc) is 1.96. The van der Waals surface area contributed by atoms with Crippen LogP contribution in [0.2, 0.25) is 0 Å². The molecule has 4 nitrogen and oxygen atoms in total. The molecule has 0 spiro atoms. The molecule has 0 aromatic heterocycles. The van der Waals surface area contributed by atoms with Crippen molar-refractivity contribution in [2.45, 2.75) is 38.2 Å². The van der Waals surface area contributed by atoms with Gasteiger partial charge in [0.05, 0.1) is 19.3 Å². The predicted octanol–water partition coefficient (Wildman–Crippen LogP) is -0.152. The zero-order chi connectivity index (χ0) is 9.19. The van der Waals surface area contributed by atoms with Crippen LogP contribution in [-0.4, -0.2) is 36.3 Å². The van der Waals surface area contributed by atoms with E-state index in [9.17, 15) is 5.11 Å². The van der Waals surface area contributed by atoms with Gasteiger partial charge in [0, 0.05) is 6.04 Å². The van der Waals surface area contributed by atoms with Gasteiger partial charge in [0.1, 0.15) is 0 Å². The van der Waals surface area contributed by atoms with Crippen LogP contribution in [0.1, 0.15) is 20.3 Å². The molecule has 0 amide bonds. The molecule has 3 N–H and O–H groups in total. The van der Waals surface area contributed by atoms with Crippen LogP contribution in [0.4, 0.5) is 0 Å². The maximum absolute atomic E-state index is 9.36. The minimum atomic E-state index is -0.626. The van der Waals surface area contributed by atoms with E-state index in [4.69, 9.17) is 15.2 Å². The van der Waals surface area contributed by atoms with E-state index in [0.717, 1.165) is 0 Å². The van der Waals surface area contributed by atoms with Gasteiger partial charge in [-0.1, -0.05) is 0 Å². The van der Waals surface area contributed by atoms with E-state index >= 15 is 0 Å². The monoisotopic (exact) mass is 175 g/mol. The maximum Gasteiger partial charge on any atom is 0.162 e. The number of nitrogens with two attached hydrogens (primary N) is 1. The van der Waals surface area contributed by atoms with Crippen molar-refractivity contribution in [3.63, 3.8) is 0 Å². The number of ether oxygens (including phenoxy) is 2. The molecule has 1 heterocycles. The van der Waals surface area contributed by atoms with Crippen LogP contribution in [0.25, 0.3) is 0 Å². The Kier molecular flexibility index (Phi) is 3.06. The Morgan fingerprint density at radius 2 is 1.92 bits per heavy atom. The van der Waals surface area contributed by atoms with Crippen molar-refractivity contribution in [1.82, 2.24) is 0 Å². The van der Waals surface area contributed by atoms with Gasteiger partial charge in [0.15, 0.2) is 5.79 Å². The van der Waals surface area contributed by atoms with Crippen LogP contribution in [0.15, 0.2) is 0 Å². The molecule has 2 atom stereocenters. The second kappa shape index (κ2) is 3.70. The van der Waals surface area contributed by atoms with E-state index in [1.807, 2.05) is 13.8 Å². The van der Waals surface area contributed by atoms with E-state index in [2.05, 4.69) is 0 Å². The zero-order valence-corrected chi connectivity index (χ0v) is 7.62. The third kappa shape index (κ3) is 3.06. The smallest absolute Gasteiger partial charge is 0.162 e. The van der Waals surface area contributed by atoms with E-state index in [-0.39, 0.29) is 6.04 Å². The van der Waals surface area contributed by atoms with Gasteiger partial charge in [0.2, 0.25) is 0 Å². The molecule has 0 saturated carbocycles. The first kappa shape index (κ1) is 9.92. The molecular formula is C8H17NO3. The Balaban J connectivity index is 2.48. The van der Waals surface area contributed by atoms with Crippen molar-refractivity contribution in [3.8, 4) is 0 Å². The van der Waals surface area contributed by atoms with Gasteiger partial charge in [-0.05, 0) is 20.3 Å². The highest BCUT2D eigenvalue weighted by Crippen LogP contribution is 2.16. The number of hydrogen-bond acceptors (Lipinski definition) is 4. The molecule has 2 unspecified atom stereocenters. The van der Waals surface area contributed by atoms with Crippen molar-refractivity contribution < 1.29 is 14.6 Å². The Labute approximate surface area is 72.6 Å². The first-order chi connectivity index (χ1) is 5.49. The summed E-state index contributed by atoms with van der Waals surface area (Å²) in [6, 6.07) is -0.0943. The predicted molar refractivity (Wildman–Crippen MR) is 44.6 cm³/mol. The van der Waals surface area contributed by atoms with Gasteiger partial charge in [-0.2, -0.15) is 0 Å². The lowest BCUT2D eigenvalue weighted by atomic mass is 10.1. The molecule has 4 heteroatoms. The molecular weight excluding hydrogens is 158 g/mol. The summed E-state index contributed by atoms with van der Waals surface area (Å²) in [6.45, 7) is 4.36. The van der Waals surface area contributed by atoms with Crippen molar-refractivity contribution in [3.05, 3.63) is 0 Å². The van der Waals surface area contributed by atoms with Crippen LogP contribution in [0.3, 0.4) is 0 Å². The molecule has 0 aromatic carbocycles. The van der Waals surface area contributed by atoms with E-state index in [1.54, 1.807) is 0 Å². The largest absolute Gasteiger partial charge is 0.391 e. The van der Waals surface area contributed by atoms with Gasteiger partial charge in [-0.15, -0.1) is 0 Å². The molecule has 1 aliphatic rings. The number of rotatable bonds is 0. The quantitative estimate of drug-likeness (QED) is 0.537. The normalized spacial score (nSPS) is 37.0. The van der Waals surface area contributed by atoms with Gasteiger partial charge < -0.3 is 20.3 Å². The first-order valence-electron chi connectivity index (χ1n) is 4.21. The average molecular weight is 175 g/mol. The molecule has 0 aliphatic carbocycles. The molecule has 12 heavy (non-hydrogen) atoms. The molecule has 1 rings (SSSR count). The topological polar surface area (TPSA) is 64.7 Å². The minimum absolute atomic E-state index is 0.0943. The van der Waals surface area contributed by atoms with Gasteiger partial charge in [-0.3, -0.25) is 0 Å². The van der Waals surface area contributed by atoms with E-state index in [0.29, 0.717) is 19.6 Å². The molecule has 0 radical (unpaired) electrons. The van der Waals surface area contributed by atoms with Gasteiger partial charge in [0.25, 0.3) is 0 Å². The lowest BCUT2D eigenvalue weighted by Crippen LogP contribution is -2.42. The maximum atomic E-state index is 9.36. The Morgan fingerprint density at radius 3 is 2.58 bits per heavy atom. The third-order valence-corrected chi connectivity index (χ3v) is 1.84. The molecule has 72 valence electrons. The number of aliphatic hydroxyl groups is 1. The Bertz CT molecular complexity index is 135. The van der Waals surface area contributed by atoms with E-state index in [1.165, 1.54) is 0 Å². The summed E-state index contributed by atoms with van der Waals surface area (Å²) in [7, 11) is 0. The highest BCUT2D eigenvalue weighted by molar-refractivity contribution is 4.71. The Hall–Kier alpha value is -0.160. The number of aliphatic hydroxyl groups excluding tert-OH is 1. The zero-order valence-electron chi connectivity index (χ0n) is 7.62. The van der Waals surface area contributed by atoms with Gasteiger partial charge >= 0.3 is 0 Å². The van der Waals surface area contributed by atoms with E-state index < -0.39 is 11.9 Å². The van der Waals surface area contributed by atoms with Crippen molar-refractivity contribution in [2.75, 3.05) is 13.2 Å². The summed E-state index contributed by atoms with van der Waals surface area (Å²) < 4.78 is 10.7. The standard InChI is InChI=1S/C8H17NO3/c1-8(2)11-4-6(9)3-7(10)5-12-8/h6-7,10H,3-5,9H2,1-2H3. The molecule has 0 bridgehead atoms. The second-order valence-corrected chi connectivity index (χ2v) is 3.67. The van der Waals surface area contributed by atoms with Crippen LogP contribution in [0, 0.1) is 0 Å². The highest BCUT2D eigenvalue weighted by atomic mass is 16.7. The number of hydrogen-bond donors (Lipinski definition) is 2. The summed E-state index contributed by atoms with van der Waals surface area (Å²) in [5.41, 5.74) is 5.68. The van der Waals surface area contributed by atoms with Gasteiger partial charge in [-0.25, -0.2) is 0 Å². The molecule has 0 aromatic rings. The minimum Gasteiger partial charge on any atom is -0.391 e. The van der Waals surface area contributed by atoms with Crippen LogP contribution in [-0.2, 0) is 9.47 Å². The fraction of sp³-hybridized carbons (Fsp3) is 1.00. The second-order valence-electron chi connectivity index (χ2n) is 3.67. The lowest BCUT2D eigenvalue weighted by Gasteiger charge is -2.31. The van der Waals surface area contributed by atoms with Crippen LogP contribution < -0.4 is 5.73 Å². The third-order valence-electron chi connectivity index (χ3n) is 1.84. The SMILES string of the molecule is CC1(C)OCC(N)CC(O)CO1. The van der Waals surface area contributed by atoms with Crippen molar-refractivity contribution in [2.24, 2.45) is 5.73 Å². The fourth-order valence-electron chi connectivity index (χ4n) is 1.13. The summed E-state index contributed by atoms with van der Waals surface area (Å²) >= 11 is 0. The lowest BCUT2D eigenvalue weighted by molar-refractivity contribution is -0.236. The van der Waals surface area contributed by atoms with Crippen LogP contribution in [0.5, 0.6) is 0 Å². The van der Waals surface area contributed by atoms with Crippen molar-refractivity contribution >= 4 is 0 Å². The summed E-state index contributed by atoms with van der Waals surface area (Å²) in [5.74, 6) is -0.626. The van der Waals surface area contributed by atoms with Crippen LogP contribution >= 0.6 is 0 Å². The summed E-state index contributed by atoms with van der Waals surface area (Å²) in [5, 5.41) is 9.36. The summed E-state index contributed by atoms with van der Waals surface area (Å²) in [4.78, 5) is 0. The Morgan fingerprint density at radius 1 is 1.33 bits per heavy atom. The molecule has 1 aliphatic heterocycles. The fourth-order valence-corrected chi connectivity index (χ4v) is 1.13.